The number of sulfonamides is 1. The fourth-order valence-corrected chi connectivity index (χ4v) is 4.67. The van der Waals surface area contributed by atoms with E-state index < -0.39 is 15.9 Å². The lowest BCUT2D eigenvalue weighted by Gasteiger charge is -2.27. The summed E-state index contributed by atoms with van der Waals surface area (Å²) >= 11 is 1.67. The van der Waals surface area contributed by atoms with E-state index >= 15 is 0 Å². The Balaban J connectivity index is 1.79. The maximum Gasteiger partial charge on any atom is 0.255 e. The van der Waals surface area contributed by atoms with Crippen LogP contribution in [0, 0.1) is 0 Å². The second-order valence-corrected chi connectivity index (χ2v) is 8.93. The zero-order chi connectivity index (χ0) is 19.4. The highest BCUT2D eigenvalue weighted by Crippen LogP contribution is 2.28. The second-order valence-electron chi connectivity index (χ2n) is 6.39. The highest BCUT2D eigenvalue weighted by molar-refractivity contribution is 7.89. The number of hydrogen-bond acceptors (Lipinski definition) is 6. The summed E-state index contributed by atoms with van der Waals surface area (Å²) in [6.07, 6.45) is 2.31. The van der Waals surface area contributed by atoms with E-state index in [-0.39, 0.29) is 16.5 Å². The predicted molar refractivity (Wildman–Crippen MR) is 105 cm³/mol. The zero-order valence-electron chi connectivity index (χ0n) is 15.1. The molecular weight excluding hydrogens is 386 g/mol. The number of ether oxygens (including phenoxy) is 1. The molecule has 1 atom stereocenters. The van der Waals surface area contributed by atoms with Gasteiger partial charge in [0.15, 0.2) is 0 Å². The molecule has 1 aliphatic rings. The fraction of sp³-hybridized carbons (Fsp3) is 0.389. The summed E-state index contributed by atoms with van der Waals surface area (Å²) in [5.74, 6) is -0.0909. The topological polar surface area (TPSA) is 102 Å². The number of amides is 1. The van der Waals surface area contributed by atoms with Crippen molar-refractivity contribution in [2.75, 3.05) is 26.7 Å². The van der Waals surface area contributed by atoms with Crippen LogP contribution in [0.25, 0.3) is 0 Å². The van der Waals surface area contributed by atoms with Crippen molar-refractivity contribution in [3.8, 4) is 5.75 Å². The number of carbonyl (C=O) groups excluding carboxylic acids is 1. The number of likely N-dealkylation sites (tertiary alicyclic amines) is 1. The minimum Gasteiger partial charge on any atom is -0.496 e. The first kappa shape index (κ1) is 19.8. The molecule has 1 aromatic heterocycles. The molecule has 1 amide bonds. The lowest BCUT2D eigenvalue weighted by molar-refractivity contribution is 0.0935. The van der Waals surface area contributed by atoms with E-state index in [4.69, 9.17) is 9.88 Å². The lowest BCUT2D eigenvalue weighted by atomic mass is 10.1. The number of thiophene rings is 1. The van der Waals surface area contributed by atoms with Gasteiger partial charge in [-0.2, -0.15) is 0 Å². The molecule has 0 unspecified atom stereocenters. The SMILES string of the molecule is COc1ccc(S(N)(=O)=O)cc1C(=O)NC[C@H](c1cccs1)N1CCCC1. The van der Waals surface area contributed by atoms with Gasteiger partial charge in [-0.25, -0.2) is 13.6 Å². The second kappa shape index (κ2) is 8.39. The van der Waals surface area contributed by atoms with Crippen molar-refractivity contribution in [3.05, 3.63) is 46.2 Å². The van der Waals surface area contributed by atoms with E-state index in [1.807, 2.05) is 11.4 Å². The van der Waals surface area contributed by atoms with E-state index in [0.717, 1.165) is 25.9 Å². The quantitative estimate of drug-likeness (QED) is 0.728. The molecule has 0 aliphatic carbocycles. The minimum atomic E-state index is -3.91. The van der Waals surface area contributed by atoms with Crippen LogP contribution in [0.5, 0.6) is 5.75 Å². The largest absolute Gasteiger partial charge is 0.496 e. The minimum absolute atomic E-state index is 0.101. The van der Waals surface area contributed by atoms with E-state index in [2.05, 4.69) is 16.3 Å². The molecule has 0 saturated carbocycles. The molecule has 2 heterocycles. The van der Waals surface area contributed by atoms with Crippen molar-refractivity contribution in [2.45, 2.75) is 23.8 Å². The molecular formula is C18H23N3O4S2. The number of carbonyl (C=O) groups is 1. The molecule has 0 radical (unpaired) electrons. The van der Waals surface area contributed by atoms with Crippen molar-refractivity contribution in [2.24, 2.45) is 5.14 Å². The molecule has 3 N–H and O–H groups in total. The molecule has 3 rings (SSSR count). The van der Waals surface area contributed by atoms with Crippen LogP contribution in [0.4, 0.5) is 0 Å². The third-order valence-corrected chi connectivity index (χ3v) is 6.54. The Bertz CT molecular complexity index is 891. The van der Waals surface area contributed by atoms with Gasteiger partial charge in [0.2, 0.25) is 10.0 Å². The van der Waals surface area contributed by atoms with Gasteiger partial charge in [0.05, 0.1) is 23.6 Å². The van der Waals surface area contributed by atoms with Crippen LogP contribution >= 0.6 is 11.3 Å². The summed E-state index contributed by atoms with van der Waals surface area (Å²) in [5.41, 5.74) is 0.148. The standard InChI is InChI=1S/C18H23N3O4S2/c1-25-16-7-6-13(27(19,23)24)11-14(16)18(22)20-12-15(17-5-4-10-26-17)21-8-2-3-9-21/h4-7,10-11,15H,2-3,8-9,12H2,1H3,(H,20,22)(H2,19,23,24)/t15-/m1/s1. The van der Waals surface area contributed by atoms with Gasteiger partial charge in [0.1, 0.15) is 5.75 Å². The van der Waals surface area contributed by atoms with Gasteiger partial charge in [-0.1, -0.05) is 6.07 Å². The van der Waals surface area contributed by atoms with Gasteiger partial charge in [-0.3, -0.25) is 9.69 Å². The van der Waals surface area contributed by atoms with Gasteiger partial charge >= 0.3 is 0 Å². The molecule has 1 aromatic carbocycles. The number of primary sulfonamides is 1. The first-order chi connectivity index (χ1) is 12.9. The summed E-state index contributed by atoms with van der Waals surface area (Å²) in [7, 11) is -2.47. The summed E-state index contributed by atoms with van der Waals surface area (Å²) in [4.78, 5) is 16.2. The summed E-state index contributed by atoms with van der Waals surface area (Å²) in [6.45, 7) is 2.44. The molecule has 146 valence electrons. The van der Waals surface area contributed by atoms with Gasteiger partial charge in [-0.15, -0.1) is 11.3 Å². The van der Waals surface area contributed by atoms with Crippen LogP contribution in [0.1, 0.15) is 34.1 Å². The van der Waals surface area contributed by atoms with E-state index in [0.29, 0.717) is 12.3 Å². The van der Waals surface area contributed by atoms with Crippen molar-refractivity contribution >= 4 is 27.3 Å². The Kier molecular flexibility index (Phi) is 6.15. The van der Waals surface area contributed by atoms with Crippen LogP contribution in [0.2, 0.25) is 0 Å². The van der Waals surface area contributed by atoms with Crippen LogP contribution in [0.3, 0.4) is 0 Å². The van der Waals surface area contributed by atoms with Gasteiger partial charge in [0.25, 0.3) is 5.91 Å². The lowest BCUT2D eigenvalue weighted by Crippen LogP contribution is -2.36. The number of nitrogens with one attached hydrogen (secondary N) is 1. The number of benzene rings is 1. The average molecular weight is 410 g/mol. The molecule has 0 bridgehead atoms. The maximum absolute atomic E-state index is 12.8. The fourth-order valence-electron chi connectivity index (χ4n) is 3.27. The van der Waals surface area contributed by atoms with Crippen molar-refractivity contribution in [1.29, 1.82) is 0 Å². The monoisotopic (exact) mass is 409 g/mol. The molecule has 7 nitrogen and oxygen atoms in total. The highest BCUT2D eigenvalue weighted by atomic mass is 32.2. The third kappa shape index (κ3) is 4.67. The first-order valence-electron chi connectivity index (χ1n) is 8.66. The van der Waals surface area contributed by atoms with Crippen LogP contribution < -0.4 is 15.2 Å². The maximum atomic E-state index is 12.8. The first-order valence-corrected chi connectivity index (χ1v) is 11.1. The normalized spacial score (nSPS) is 16.2. The molecule has 9 heteroatoms. The van der Waals surface area contributed by atoms with Gasteiger partial charge in [0, 0.05) is 11.4 Å². The molecule has 0 spiro atoms. The molecule has 2 aromatic rings. The highest BCUT2D eigenvalue weighted by Gasteiger charge is 2.25. The van der Waals surface area contributed by atoms with Crippen molar-refractivity contribution < 1.29 is 17.9 Å². The van der Waals surface area contributed by atoms with E-state index in [9.17, 15) is 13.2 Å². The predicted octanol–water partition coefficient (Wildman–Crippen LogP) is 1.97. The summed E-state index contributed by atoms with van der Waals surface area (Å²) in [5, 5.41) is 10.1. The van der Waals surface area contributed by atoms with Crippen LogP contribution in [-0.4, -0.2) is 46.0 Å². The Morgan fingerprint density at radius 3 is 2.67 bits per heavy atom. The van der Waals surface area contributed by atoms with Gasteiger partial charge in [-0.05, 0) is 55.6 Å². The number of hydrogen-bond donors (Lipinski definition) is 2. The zero-order valence-corrected chi connectivity index (χ0v) is 16.7. The molecule has 1 fully saturated rings. The van der Waals surface area contributed by atoms with Crippen molar-refractivity contribution in [1.82, 2.24) is 10.2 Å². The van der Waals surface area contributed by atoms with Gasteiger partial charge < -0.3 is 10.1 Å². The molecule has 27 heavy (non-hydrogen) atoms. The third-order valence-electron chi connectivity index (χ3n) is 4.65. The summed E-state index contributed by atoms with van der Waals surface area (Å²) in [6, 6.07) is 8.18. The average Bonchev–Trinajstić information content (AvgIpc) is 3.35. The van der Waals surface area contributed by atoms with Crippen LogP contribution in [-0.2, 0) is 10.0 Å². The molecule has 1 aliphatic heterocycles. The number of rotatable bonds is 7. The Hall–Kier alpha value is -1.94. The Morgan fingerprint density at radius 1 is 1.33 bits per heavy atom. The van der Waals surface area contributed by atoms with Crippen molar-refractivity contribution in [3.63, 3.8) is 0 Å². The van der Waals surface area contributed by atoms with E-state index in [1.54, 1.807) is 11.3 Å². The Morgan fingerprint density at radius 2 is 2.07 bits per heavy atom. The molecule has 1 saturated heterocycles. The number of nitrogens with two attached hydrogens (primary N) is 1. The number of methoxy groups -OCH3 is 1. The van der Waals surface area contributed by atoms with E-state index in [1.165, 1.54) is 30.2 Å². The van der Waals surface area contributed by atoms with Crippen LogP contribution in [0.15, 0.2) is 40.6 Å². The Labute approximate surface area is 163 Å². The smallest absolute Gasteiger partial charge is 0.255 e. The summed E-state index contributed by atoms with van der Waals surface area (Å²) < 4.78 is 28.4. The number of nitrogens with zero attached hydrogens (tertiary/aromatic N) is 1.